The van der Waals surface area contributed by atoms with Gasteiger partial charge in [0.15, 0.2) is 5.79 Å². The van der Waals surface area contributed by atoms with E-state index < -0.39 is 15.9 Å². The summed E-state index contributed by atoms with van der Waals surface area (Å²) < 4.78 is 44.4. The molecular weight excluding hydrogens is 474 g/mol. The van der Waals surface area contributed by atoms with Gasteiger partial charge in [0, 0.05) is 33.0 Å². The molecule has 6 nitrogen and oxygen atoms in total. The van der Waals surface area contributed by atoms with Crippen LogP contribution in [0.2, 0.25) is 0 Å². The molecule has 0 heterocycles. The van der Waals surface area contributed by atoms with E-state index in [0.29, 0.717) is 23.8 Å². The monoisotopic (exact) mass is 525 g/mol. The van der Waals surface area contributed by atoms with Crippen molar-refractivity contribution in [3.63, 3.8) is 0 Å². The summed E-state index contributed by atoms with van der Waals surface area (Å²) in [6.45, 7) is 17.8. The van der Waals surface area contributed by atoms with Crippen molar-refractivity contribution in [3.8, 4) is 0 Å². The highest BCUT2D eigenvalue weighted by Crippen LogP contribution is 2.36. The van der Waals surface area contributed by atoms with E-state index in [1.807, 2.05) is 27.7 Å². The highest BCUT2D eigenvalue weighted by atomic mass is 32.2. The molecule has 0 amide bonds. The zero-order valence-corrected chi connectivity index (χ0v) is 24.9. The molecular formula is C29H51NO5S. The molecule has 1 aliphatic carbocycles. The zero-order valence-electron chi connectivity index (χ0n) is 24.1. The lowest BCUT2D eigenvalue weighted by atomic mass is 9.89. The minimum absolute atomic E-state index is 0.0877. The summed E-state index contributed by atoms with van der Waals surface area (Å²) in [6, 6.07) is 4.10. The van der Waals surface area contributed by atoms with Gasteiger partial charge in [-0.3, -0.25) is 4.18 Å². The first kappa shape index (κ1) is 31.2. The summed E-state index contributed by atoms with van der Waals surface area (Å²) in [5.74, 6) is 0.0790. The molecule has 1 aliphatic rings. The van der Waals surface area contributed by atoms with E-state index in [4.69, 9.17) is 13.7 Å². The van der Waals surface area contributed by atoms with Crippen LogP contribution < -0.4 is 0 Å². The SMILES string of the molecule is CCN(CCCOS(=O)(=O)c1c(C(C)C)cc(C(C)C)cc1C(C)C)CCOC1(OC)CCCCC1. The molecule has 1 aromatic carbocycles. The molecule has 0 bridgehead atoms. The molecule has 0 spiro atoms. The standard InChI is InChI=1S/C29H51NO5S/c1-9-30(17-19-34-29(33-8)14-11-10-12-15-29)16-13-18-35-36(31,32)28-26(23(4)5)20-25(22(2)3)21-27(28)24(6)7/h20-24H,9-19H2,1-8H3. The van der Waals surface area contributed by atoms with Gasteiger partial charge in [0.1, 0.15) is 4.90 Å². The number of hydrogen-bond donors (Lipinski definition) is 0. The Morgan fingerprint density at radius 2 is 1.47 bits per heavy atom. The summed E-state index contributed by atoms with van der Waals surface area (Å²) in [7, 11) is -2.12. The van der Waals surface area contributed by atoms with E-state index in [1.54, 1.807) is 7.11 Å². The fourth-order valence-electron chi connectivity index (χ4n) is 4.98. The molecule has 0 N–H and O–H groups in total. The highest BCUT2D eigenvalue weighted by molar-refractivity contribution is 7.86. The number of hydrogen-bond acceptors (Lipinski definition) is 6. The van der Waals surface area contributed by atoms with Crippen LogP contribution in [0.4, 0.5) is 0 Å². The molecule has 0 aliphatic heterocycles. The van der Waals surface area contributed by atoms with Gasteiger partial charge in [0.05, 0.1) is 13.2 Å². The summed E-state index contributed by atoms with van der Waals surface area (Å²) in [6.07, 6.45) is 6.09. The molecule has 2 rings (SSSR count). The Hall–Kier alpha value is -0.990. The molecule has 0 aromatic heterocycles. The van der Waals surface area contributed by atoms with Crippen molar-refractivity contribution >= 4 is 10.1 Å². The lowest BCUT2D eigenvalue weighted by Gasteiger charge is -2.36. The van der Waals surface area contributed by atoms with Crippen LogP contribution >= 0.6 is 0 Å². The topological polar surface area (TPSA) is 65.1 Å². The summed E-state index contributed by atoms with van der Waals surface area (Å²) >= 11 is 0. The van der Waals surface area contributed by atoms with Crippen LogP contribution in [0.1, 0.15) is 121 Å². The van der Waals surface area contributed by atoms with E-state index in [9.17, 15) is 8.42 Å². The largest absolute Gasteiger partial charge is 0.353 e. The molecule has 208 valence electrons. The van der Waals surface area contributed by atoms with Gasteiger partial charge < -0.3 is 14.4 Å². The van der Waals surface area contributed by atoms with Crippen LogP contribution in [-0.2, 0) is 23.8 Å². The molecule has 0 saturated heterocycles. The minimum Gasteiger partial charge on any atom is -0.353 e. The fourth-order valence-corrected chi connectivity index (χ4v) is 6.60. The smallest absolute Gasteiger partial charge is 0.297 e. The highest BCUT2D eigenvalue weighted by Gasteiger charge is 2.32. The van der Waals surface area contributed by atoms with E-state index in [-0.39, 0.29) is 18.4 Å². The third kappa shape index (κ3) is 8.52. The van der Waals surface area contributed by atoms with Crippen molar-refractivity contribution < 1.29 is 22.1 Å². The van der Waals surface area contributed by atoms with Gasteiger partial charge in [-0.2, -0.15) is 8.42 Å². The molecule has 0 radical (unpaired) electrons. The van der Waals surface area contributed by atoms with Gasteiger partial charge >= 0.3 is 0 Å². The fraction of sp³-hybridized carbons (Fsp3) is 0.793. The van der Waals surface area contributed by atoms with Gasteiger partial charge in [-0.15, -0.1) is 0 Å². The van der Waals surface area contributed by atoms with Crippen molar-refractivity contribution in [3.05, 3.63) is 28.8 Å². The van der Waals surface area contributed by atoms with Crippen LogP contribution in [0.5, 0.6) is 0 Å². The first-order valence-corrected chi connectivity index (χ1v) is 15.4. The van der Waals surface area contributed by atoms with Crippen LogP contribution in [0.15, 0.2) is 17.0 Å². The number of ether oxygens (including phenoxy) is 2. The van der Waals surface area contributed by atoms with Gasteiger partial charge in [-0.1, -0.05) is 67.0 Å². The second-order valence-corrected chi connectivity index (χ2v) is 12.6. The molecule has 7 heteroatoms. The number of likely N-dealkylation sites (N-methyl/N-ethyl adjacent to an activating group) is 1. The molecule has 1 saturated carbocycles. The van der Waals surface area contributed by atoms with Crippen molar-refractivity contribution in [1.82, 2.24) is 4.90 Å². The van der Waals surface area contributed by atoms with Crippen molar-refractivity contribution in [2.45, 2.75) is 115 Å². The quantitative estimate of drug-likeness (QED) is 0.143. The maximum atomic E-state index is 13.4. The molecule has 1 aromatic rings. The Labute approximate surface area is 221 Å². The van der Waals surface area contributed by atoms with Crippen LogP contribution in [0.25, 0.3) is 0 Å². The Bertz CT molecular complexity index is 875. The Morgan fingerprint density at radius 3 is 1.94 bits per heavy atom. The third-order valence-electron chi connectivity index (χ3n) is 7.39. The Balaban J connectivity index is 1.99. The lowest BCUT2D eigenvalue weighted by Crippen LogP contribution is -2.40. The lowest BCUT2D eigenvalue weighted by molar-refractivity contribution is -0.239. The number of nitrogens with zero attached hydrogens (tertiary/aromatic N) is 1. The first-order valence-electron chi connectivity index (χ1n) is 13.9. The average Bonchev–Trinajstić information content (AvgIpc) is 2.84. The third-order valence-corrected chi connectivity index (χ3v) is 8.84. The second kappa shape index (κ2) is 14.2. The van der Waals surface area contributed by atoms with E-state index in [2.05, 4.69) is 37.8 Å². The number of methoxy groups -OCH3 is 1. The summed E-state index contributed by atoms with van der Waals surface area (Å²) in [4.78, 5) is 2.65. The minimum atomic E-state index is -3.86. The Kier molecular flexibility index (Phi) is 12.4. The van der Waals surface area contributed by atoms with Crippen LogP contribution in [0.3, 0.4) is 0 Å². The molecule has 0 atom stereocenters. The predicted octanol–water partition coefficient (Wildman–Crippen LogP) is 6.80. The van der Waals surface area contributed by atoms with E-state index >= 15 is 0 Å². The predicted molar refractivity (Wildman–Crippen MR) is 147 cm³/mol. The van der Waals surface area contributed by atoms with Crippen LogP contribution in [-0.4, -0.2) is 59.1 Å². The average molecular weight is 526 g/mol. The first-order chi connectivity index (χ1) is 17.0. The number of rotatable bonds is 15. The number of benzene rings is 1. The van der Waals surface area contributed by atoms with Crippen molar-refractivity contribution in [2.75, 3.05) is 40.0 Å². The van der Waals surface area contributed by atoms with Gasteiger partial charge in [0.2, 0.25) is 0 Å². The van der Waals surface area contributed by atoms with Crippen LogP contribution in [0, 0.1) is 0 Å². The van der Waals surface area contributed by atoms with Crippen molar-refractivity contribution in [2.24, 2.45) is 0 Å². The molecule has 0 unspecified atom stereocenters. The Morgan fingerprint density at radius 1 is 0.889 bits per heavy atom. The summed E-state index contributed by atoms with van der Waals surface area (Å²) in [5.41, 5.74) is 2.88. The van der Waals surface area contributed by atoms with Crippen molar-refractivity contribution in [1.29, 1.82) is 0 Å². The normalized spacial score (nSPS) is 16.6. The van der Waals surface area contributed by atoms with Gasteiger partial charge in [-0.05, 0) is 60.3 Å². The van der Waals surface area contributed by atoms with Gasteiger partial charge in [0.25, 0.3) is 10.1 Å². The van der Waals surface area contributed by atoms with Gasteiger partial charge in [-0.25, -0.2) is 0 Å². The molecule has 36 heavy (non-hydrogen) atoms. The summed E-state index contributed by atoms with van der Waals surface area (Å²) in [5, 5.41) is 0. The van der Waals surface area contributed by atoms with E-state index in [0.717, 1.165) is 56.4 Å². The second-order valence-electron chi connectivity index (χ2n) is 11.1. The maximum absolute atomic E-state index is 13.4. The zero-order chi connectivity index (χ0) is 26.9. The van der Waals surface area contributed by atoms with E-state index in [1.165, 1.54) is 12.0 Å². The maximum Gasteiger partial charge on any atom is 0.297 e. The molecule has 1 fully saturated rings.